The molecule has 0 spiro atoms. The first kappa shape index (κ1) is 14.4. The van der Waals surface area contributed by atoms with Crippen molar-refractivity contribution in [3.8, 4) is 5.75 Å². The first-order valence-corrected chi connectivity index (χ1v) is 8.14. The van der Waals surface area contributed by atoms with Crippen LogP contribution in [0.4, 0.5) is 0 Å². The number of phenols is 1. The molecule has 1 aliphatic carbocycles. The highest BCUT2D eigenvalue weighted by molar-refractivity contribution is 5.89. The summed E-state index contributed by atoms with van der Waals surface area (Å²) in [5, 5.41) is 16.0. The highest BCUT2D eigenvalue weighted by Gasteiger charge is 2.17. The van der Waals surface area contributed by atoms with E-state index in [0.717, 1.165) is 41.3 Å². The number of rotatable bonds is 4. The summed E-state index contributed by atoms with van der Waals surface area (Å²) < 4.78 is 0. The van der Waals surface area contributed by atoms with Crippen molar-refractivity contribution in [2.45, 2.75) is 39.2 Å². The van der Waals surface area contributed by atoms with Gasteiger partial charge in [-0.1, -0.05) is 56.2 Å². The number of benzene rings is 2. The fourth-order valence-electron chi connectivity index (χ4n) is 3.39. The summed E-state index contributed by atoms with van der Waals surface area (Å²) in [6, 6.07) is 12.1. The maximum atomic E-state index is 10.4. The number of nitrogens with one attached hydrogen (secondary N) is 1. The molecule has 0 amide bonds. The van der Waals surface area contributed by atoms with Crippen LogP contribution in [0, 0.1) is 11.8 Å². The Labute approximate surface area is 127 Å². The van der Waals surface area contributed by atoms with E-state index in [0.29, 0.717) is 5.75 Å². The van der Waals surface area contributed by atoms with Gasteiger partial charge in [-0.05, 0) is 36.6 Å². The van der Waals surface area contributed by atoms with Crippen molar-refractivity contribution in [3.05, 3.63) is 42.0 Å². The Bertz CT molecular complexity index is 600. The topological polar surface area (TPSA) is 32.3 Å². The van der Waals surface area contributed by atoms with E-state index >= 15 is 0 Å². The maximum Gasteiger partial charge on any atom is 0.127 e. The zero-order chi connectivity index (χ0) is 14.7. The van der Waals surface area contributed by atoms with Gasteiger partial charge in [0.25, 0.3) is 0 Å². The smallest absolute Gasteiger partial charge is 0.127 e. The molecule has 2 heteroatoms. The van der Waals surface area contributed by atoms with Gasteiger partial charge in [-0.15, -0.1) is 0 Å². The molecule has 0 aliphatic heterocycles. The minimum atomic E-state index is 0.429. The van der Waals surface area contributed by atoms with Crippen molar-refractivity contribution in [1.29, 1.82) is 0 Å². The molecule has 0 radical (unpaired) electrons. The maximum absolute atomic E-state index is 10.4. The molecule has 0 aromatic heterocycles. The molecular weight excluding hydrogens is 258 g/mol. The zero-order valence-electron chi connectivity index (χ0n) is 12.8. The minimum absolute atomic E-state index is 0.429. The van der Waals surface area contributed by atoms with Gasteiger partial charge >= 0.3 is 0 Å². The average molecular weight is 283 g/mol. The lowest BCUT2D eigenvalue weighted by Crippen LogP contribution is -2.25. The van der Waals surface area contributed by atoms with E-state index in [4.69, 9.17) is 0 Å². The van der Waals surface area contributed by atoms with Crippen molar-refractivity contribution >= 4 is 10.8 Å². The van der Waals surface area contributed by atoms with Gasteiger partial charge < -0.3 is 10.4 Å². The summed E-state index contributed by atoms with van der Waals surface area (Å²) in [5.74, 6) is 2.15. The van der Waals surface area contributed by atoms with Gasteiger partial charge in [-0.2, -0.15) is 0 Å². The minimum Gasteiger partial charge on any atom is -0.507 e. The molecule has 1 saturated carbocycles. The molecule has 2 aromatic carbocycles. The lowest BCUT2D eigenvalue weighted by molar-refractivity contribution is 0.281. The van der Waals surface area contributed by atoms with Crippen LogP contribution in [-0.4, -0.2) is 11.7 Å². The first-order valence-electron chi connectivity index (χ1n) is 8.14. The van der Waals surface area contributed by atoms with E-state index in [-0.39, 0.29) is 0 Å². The van der Waals surface area contributed by atoms with Crippen molar-refractivity contribution in [3.63, 3.8) is 0 Å². The molecule has 21 heavy (non-hydrogen) atoms. The van der Waals surface area contributed by atoms with Gasteiger partial charge in [0.15, 0.2) is 0 Å². The van der Waals surface area contributed by atoms with Gasteiger partial charge in [-0.3, -0.25) is 0 Å². The third kappa shape index (κ3) is 3.38. The lowest BCUT2D eigenvalue weighted by atomic mass is 9.83. The molecule has 1 fully saturated rings. The highest BCUT2D eigenvalue weighted by Crippen LogP contribution is 2.29. The SMILES string of the molecule is CC1CCC(CNCc2ccc3ccccc3c2O)CC1. The molecule has 0 saturated heterocycles. The van der Waals surface area contributed by atoms with Gasteiger partial charge in [0.1, 0.15) is 5.75 Å². The standard InChI is InChI=1S/C19H25NO/c1-14-6-8-15(9-7-14)12-20-13-17-11-10-16-4-2-3-5-18(16)19(17)21/h2-5,10-11,14-15,20-21H,6-9,12-13H2,1H3. The molecule has 0 bridgehead atoms. The van der Waals surface area contributed by atoms with Crippen LogP contribution >= 0.6 is 0 Å². The Morgan fingerprint density at radius 3 is 2.62 bits per heavy atom. The summed E-state index contributed by atoms with van der Waals surface area (Å²) >= 11 is 0. The molecule has 0 heterocycles. The fourth-order valence-corrected chi connectivity index (χ4v) is 3.39. The number of hydrogen-bond donors (Lipinski definition) is 2. The molecule has 1 aliphatic rings. The molecule has 0 atom stereocenters. The van der Waals surface area contributed by atoms with Gasteiger partial charge in [-0.25, -0.2) is 0 Å². The van der Waals surface area contributed by atoms with Crippen LogP contribution in [0.5, 0.6) is 5.75 Å². The fraction of sp³-hybridized carbons (Fsp3) is 0.474. The quantitative estimate of drug-likeness (QED) is 0.868. The predicted molar refractivity (Wildman–Crippen MR) is 88.4 cm³/mol. The van der Waals surface area contributed by atoms with Crippen LogP contribution in [0.2, 0.25) is 0 Å². The van der Waals surface area contributed by atoms with E-state index in [1.807, 2.05) is 30.3 Å². The Morgan fingerprint density at radius 1 is 1.05 bits per heavy atom. The van der Waals surface area contributed by atoms with Crippen molar-refractivity contribution in [1.82, 2.24) is 5.32 Å². The summed E-state index contributed by atoms with van der Waals surface area (Å²) in [7, 11) is 0. The summed E-state index contributed by atoms with van der Waals surface area (Å²) in [4.78, 5) is 0. The van der Waals surface area contributed by atoms with Gasteiger partial charge in [0.05, 0.1) is 0 Å². The summed E-state index contributed by atoms with van der Waals surface area (Å²) in [6.07, 6.45) is 5.43. The number of hydrogen-bond acceptors (Lipinski definition) is 2. The van der Waals surface area contributed by atoms with Gasteiger partial charge in [0, 0.05) is 17.5 Å². The summed E-state index contributed by atoms with van der Waals surface area (Å²) in [6.45, 7) is 4.18. The van der Waals surface area contributed by atoms with Crippen LogP contribution in [-0.2, 0) is 6.54 Å². The molecule has 2 nitrogen and oxygen atoms in total. The van der Waals surface area contributed by atoms with E-state index < -0.39 is 0 Å². The third-order valence-electron chi connectivity index (χ3n) is 4.87. The van der Waals surface area contributed by atoms with E-state index in [1.54, 1.807) is 0 Å². The highest BCUT2D eigenvalue weighted by atomic mass is 16.3. The normalized spacial score (nSPS) is 22.5. The molecule has 0 unspecified atom stereocenters. The Morgan fingerprint density at radius 2 is 1.81 bits per heavy atom. The van der Waals surface area contributed by atoms with E-state index in [1.165, 1.54) is 25.7 Å². The third-order valence-corrected chi connectivity index (χ3v) is 4.87. The van der Waals surface area contributed by atoms with Crippen molar-refractivity contribution in [2.24, 2.45) is 11.8 Å². The summed E-state index contributed by atoms with van der Waals surface area (Å²) in [5.41, 5.74) is 0.998. The van der Waals surface area contributed by atoms with Crippen LogP contribution < -0.4 is 5.32 Å². The number of fused-ring (bicyclic) bond motifs is 1. The second-order valence-corrected chi connectivity index (χ2v) is 6.55. The number of aromatic hydroxyl groups is 1. The lowest BCUT2D eigenvalue weighted by Gasteiger charge is -2.26. The Hall–Kier alpha value is -1.54. The first-order chi connectivity index (χ1) is 10.2. The van der Waals surface area contributed by atoms with Crippen LogP contribution in [0.1, 0.15) is 38.2 Å². The Balaban J connectivity index is 1.59. The largest absolute Gasteiger partial charge is 0.507 e. The van der Waals surface area contributed by atoms with Crippen LogP contribution in [0.25, 0.3) is 10.8 Å². The average Bonchev–Trinajstić information content (AvgIpc) is 2.52. The zero-order valence-corrected chi connectivity index (χ0v) is 12.8. The molecule has 2 N–H and O–H groups in total. The van der Waals surface area contributed by atoms with E-state index in [9.17, 15) is 5.11 Å². The van der Waals surface area contributed by atoms with Gasteiger partial charge in [0.2, 0.25) is 0 Å². The molecule has 112 valence electrons. The Kier molecular flexibility index (Phi) is 4.45. The number of phenolic OH excluding ortho intramolecular Hbond substituents is 1. The van der Waals surface area contributed by atoms with Crippen LogP contribution in [0.3, 0.4) is 0 Å². The van der Waals surface area contributed by atoms with Crippen molar-refractivity contribution < 1.29 is 5.11 Å². The molecular formula is C19H25NO. The van der Waals surface area contributed by atoms with E-state index in [2.05, 4.69) is 18.3 Å². The molecule has 2 aromatic rings. The molecule has 3 rings (SSSR count). The van der Waals surface area contributed by atoms with Crippen molar-refractivity contribution in [2.75, 3.05) is 6.54 Å². The van der Waals surface area contributed by atoms with Crippen LogP contribution in [0.15, 0.2) is 36.4 Å². The second-order valence-electron chi connectivity index (χ2n) is 6.55. The predicted octanol–water partition coefficient (Wildman–Crippen LogP) is 4.46. The monoisotopic (exact) mass is 283 g/mol. The second kappa shape index (κ2) is 6.48.